The second-order valence-corrected chi connectivity index (χ2v) is 12.1. The van der Waals surface area contributed by atoms with Crippen molar-refractivity contribution < 1.29 is 9.59 Å². The van der Waals surface area contributed by atoms with Gasteiger partial charge in [-0.2, -0.15) is 0 Å². The lowest BCUT2D eigenvalue weighted by atomic mass is 10.0. The van der Waals surface area contributed by atoms with Gasteiger partial charge in [0.2, 0.25) is 0 Å². The molecule has 2 amide bonds. The van der Waals surface area contributed by atoms with Crippen molar-refractivity contribution in [3.8, 4) is 0 Å². The third kappa shape index (κ3) is 10.3. The van der Waals surface area contributed by atoms with Crippen molar-refractivity contribution >= 4 is 29.2 Å². The van der Waals surface area contributed by atoms with Crippen molar-refractivity contribution in [3.05, 3.63) is 51.6 Å². The number of aromatic nitrogens is 2. The van der Waals surface area contributed by atoms with Crippen molar-refractivity contribution in [3.63, 3.8) is 0 Å². The number of hydrogen-bond acceptors (Lipinski definition) is 7. The van der Waals surface area contributed by atoms with E-state index in [-0.39, 0.29) is 11.8 Å². The molecule has 246 valence electrons. The zero-order valence-corrected chi connectivity index (χ0v) is 29.3. The summed E-state index contributed by atoms with van der Waals surface area (Å²) < 4.78 is 0. The molecule has 3 rings (SSSR count). The quantitative estimate of drug-likeness (QED) is 0.203. The first-order valence-corrected chi connectivity index (χ1v) is 16.8. The lowest BCUT2D eigenvalue weighted by Gasteiger charge is -2.45. The van der Waals surface area contributed by atoms with E-state index in [9.17, 15) is 9.59 Å². The summed E-state index contributed by atoms with van der Waals surface area (Å²) in [4.78, 5) is 41.3. The highest BCUT2D eigenvalue weighted by Crippen LogP contribution is 2.25. The van der Waals surface area contributed by atoms with Gasteiger partial charge in [0.15, 0.2) is 0 Å². The Hall–Kier alpha value is -2.91. The maximum atomic E-state index is 13.4. The minimum atomic E-state index is -0.148. The van der Waals surface area contributed by atoms with Crippen LogP contribution in [0.1, 0.15) is 104 Å². The lowest BCUT2D eigenvalue weighted by molar-refractivity contribution is -0.125. The second-order valence-electron chi connectivity index (χ2n) is 11.7. The van der Waals surface area contributed by atoms with Crippen LogP contribution in [0.2, 0.25) is 0 Å². The first-order valence-electron chi connectivity index (χ1n) is 16.4. The zero-order chi connectivity index (χ0) is 33.0. The van der Waals surface area contributed by atoms with Crippen LogP contribution in [0.4, 0.5) is 5.82 Å². The third-order valence-corrected chi connectivity index (χ3v) is 9.08. The molecule has 2 atom stereocenters. The van der Waals surface area contributed by atoms with Crippen LogP contribution >= 0.6 is 11.6 Å². The van der Waals surface area contributed by atoms with Crippen molar-refractivity contribution in [2.45, 2.75) is 112 Å². The number of hydrogen-bond donors (Lipinski definition) is 2. The molecule has 0 aromatic carbocycles. The van der Waals surface area contributed by atoms with Gasteiger partial charge >= 0.3 is 0 Å². The van der Waals surface area contributed by atoms with Crippen LogP contribution in [-0.2, 0) is 4.79 Å². The summed E-state index contributed by atoms with van der Waals surface area (Å²) in [6, 6.07) is 0.995. The molecule has 0 bridgehead atoms. The topological polar surface area (TPSA) is 108 Å². The Kier molecular flexibility index (Phi) is 15.4. The Balaban J connectivity index is 0.00000330. The minimum absolute atomic E-state index is 0.0903. The number of nitrogens with one attached hydrogen (secondary N) is 1. The summed E-state index contributed by atoms with van der Waals surface area (Å²) in [5, 5.41) is 3.65. The summed E-state index contributed by atoms with van der Waals surface area (Å²) in [6.07, 6.45) is 10.9. The van der Waals surface area contributed by atoms with Crippen LogP contribution in [0.15, 0.2) is 45.9 Å². The van der Waals surface area contributed by atoms with E-state index in [0.717, 1.165) is 75.1 Å². The number of allylic oxidation sites excluding steroid dienone is 4. The van der Waals surface area contributed by atoms with Gasteiger partial charge in [0.05, 0.1) is 18.0 Å². The molecule has 3 N–H and O–H groups in total. The molecule has 2 aliphatic rings. The molecule has 2 heterocycles. The van der Waals surface area contributed by atoms with Gasteiger partial charge in [-0.15, -0.1) is 0 Å². The molecule has 1 aliphatic carbocycles. The Morgan fingerprint density at radius 1 is 1.14 bits per heavy atom. The molecule has 0 radical (unpaired) electrons. The van der Waals surface area contributed by atoms with E-state index in [1.807, 2.05) is 40.8 Å². The fraction of sp³-hybridized carbons (Fsp3) is 0.647. The van der Waals surface area contributed by atoms with Gasteiger partial charge in [0.25, 0.3) is 11.8 Å². The van der Waals surface area contributed by atoms with Crippen molar-refractivity contribution in [2.75, 3.05) is 38.1 Å². The molecule has 1 aliphatic heterocycles. The standard InChI is InChI=1S/C32H50ClN7O2.C2H6/c1-8-21(4)30(33)22(5)17-27(23(6)34)32(42)38(7)14-13-25(9-2)40-16-15-39(20-26(40)10-3)29-19-35-28(18-36-29)31(41)37-24-11-12-24;1-2/h17-19,24-26H,8-16,20,34H2,1-7H3,(H,37,41);1-2H3/b22-17-,27-23-,30-21?;. The molecule has 1 aromatic heterocycles. The largest absolute Gasteiger partial charge is 0.402 e. The minimum Gasteiger partial charge on any atom is -0.402 e. The molecule has 9 nitrogen and oxygen atoms in total. The van der Waals surface area contributed by atoms with Crippen LogP contribution in [0.3, 0.4) is 0 Å². The van der Waals surface area contributed by atoms with Crippen molar-refractivity contribution in [2.24, 2.45) is 5.73 Å². The number of piperazine rings is 1. The average Bonchev–Trinajstić information content (AvgIpc) is 3.87. The van der Waals surface area contributed by atoms with Crippen LogP contribution in [0.25, 0.3) is 0 Å². The normalized spacial score (nSPS) is 19.3. The third-order valence-electron chi connectivity index (χ3n) is 8.46. The summed E-state index contributed by atoms with van der Waals surface area (Å²) in [5.41, 5.74) is 9.42. The van der Waals surface area contributed by atoms with E-state index in [1.165, 1.54) is 0 Å². The molecule has 0 spiro atoms. The average molecular weight is 630 g/mol. The van der Waals surface area contributed by atoms with E-state index in [2.05, 4.69) is 45.9 Å². The van der Waals surface area contributed by atoms with Gasteiger partial charge in [-0.3, -0.25) is 14.5 Å². The molecule has 10 heteroatoms. The van der Waals surface area contributed by atoms with Gasteiger partial charge in [0, 0.05) is 62.1 Å². The van der Waals surface area contributed by atoms with Gasteiger partial charge in [-0.25, -0.2) is 9.97 Å². The number of halogens is 1. The highest BCUT2D eigenvalue weighted by atomic mass is 35.5. The molecule has 2 unspecified atom stereocenters. The Labute approximate surface area is 271 Å². The van der Waals surface area contributed by atoms with Crippen LogP contribution < -0.4 is 16.0 Å². The van der Waals surface area contributed by atoms with Gasteiger partial charge in [-0.1, -0.05) is 51.8 Å². The van der Waals surface area contributed by atoms with Gasteiger partial charge in [-0.05, 0) is 70.9 Å². The predicted molar refractivity (Wildman–Crippen MR) is 183 cm³/mol. The highest BCUT2D eigenvalue weighted by molar-refractivity contribution is 6.32. The van der Waals surface area contributed by atoms with Crippen molar-refractivity contribution in [1.29, 1.82) is 0 Å². The molecule has 44 heavy (non-hydrogen) atoms. The van der Waals surface area contributed by atoms with E-state index in [1.54, 1.807) is 24.2 Å². The van der Waals surface area contributed by atoms with Crippen LogP contribution in [0, 0.1) is 0 Å². The molecule has 2 fully saturated rings. The van der Waals surface area contributed by atoms with Crippen molar-refractivity contribution in [1.82, 2.24) is 25.1 Å². The molecule has 1 saturated carbocycles. The van der Waals surface area contributed by atoms with Crippen LogP contribution in [0.5, 0.6) is 0 Å². The predicted octanol–water partition coefficient (Wildman–Crippen LogP) is 6.02. The van der Waals surface area contributed by atoms with Gasteiger partial charge in [0.1, 0.15) is 11.5 Å². The first kappa shape index (κ1) is 37.3. The maximum Gasteiger partial charge on any atom is 0.271 e. The Morgan fingerprint density at radius 3 is 2.34 bits per heavy atom. The Bertz CT molecular complexity index is 1190. The molecule has 1 saturated heterocycles. The summed E-state index contributed by atoms with van der Waals surface area (Å²) in [7, 11) is 1.85. The number of anilines is 1. The fourth-order valence-corrected chi connectivity index (χ4v) is 5.57. The molecular formula is C34H56ClN7O2. The van der Waals surface area contributed by atoms with Gasteiger partial charge < -0.3 is 20.9 Å². The molecular weight excluding hydrogens is 574 g/mol. The number of nitrogens with two attached hydrogens (primary N) is 1. The SMILES string of the molecule is CC.CCC(C)=C(Cl)/C(C)=C\C(C(=O)N(C)CCC(CC)N1CCN(c2cnc(C(=O)NC3CC3)cn2)CC1CC)=C(/C)N. The monoisotopic (exact) mass is 629 g/mol. The van der Waals surface area contributed by atoms with E-state index in [4.69, 9.17) is 17.3 Å². The maximum absolute atomic E-state index is 13.4. The summed E-state index contributed by atoms with van der Waals surface area (Å²) in [6.45, 7) is 19.4. The second kappa shape index (κ2) is 18.2. The number of rotatable bonds is 13. The smallest absolute Gasteiger partial charge is 0.271 e. The first-order chi connectivity index (χ1) is 21.0. The zero-order valence-electron chi connectivity index (χ0n) is 28.5. The van der Waals surface area contributed by atoms with E-state index in [0.29, 0.717) is 46.7 Å². The number of likely N-dealkylation sites (N-methyl/N-ethyl adjacent to an activating group) is 1. The number of nitrogens with zero attached hydrogens (tertiary/aromatic N) is 5. The highest BCUT2D eigenvalue weighted by Gasteiger charge is 2.32. The van der Waals surface area contributed by atoms with E-state index < -0.39 is 0 Å². The number of carbonyl (C=O) groups is 2. The van der Waals surface area contributed by atoms with Crippen LogP contribution in [-0.4, -0.2) is 82.9 Å². The molecule has 1 aromatic rings. The lowest BCUT2D eigenvalue weighted by Crippen LogP contribution is -2.57. The summed E-state index contributed by atoms with van der Waals surface area (Å²) >= 11 is 6.53. The fourth-order valence-electron chi connectivity index (χ4n) is 5.38. The number of carbonyl (C=O) groups excluding carboxylic acids is 2. The van der Waals surface area contributed by atoms with E-state index >= 15 is 0 Å². The Morgan fingerprint density at radius 2 is 1.82 bits per heavy atom. The summed E-state index contributed by atoms with van der Waals surface area (Å²) in [5.74, 6) is 0.565. The number of amides is 2.